The van der Waals surface area contributed by atoms with Crippen molar-refractivity contribution in [2.24, 2.45) is 0 Å². The Labute approximate surface area is 126 Å². The maximum atomic E-state index is 12.0. The van der Waals surface area contributed by atoms with Gasteiger partial charge in [0.2, 0.25) is 0 Å². The van der Waals surface area contributed by atoms with Gasteiger partial charge in [0.05, 0.1) is 6.42 Å². The zero-order chi connectivity index (χ0) is 15.4. The van der Waals surface area contributed by atoms with Crippen LogP contribution in [0.25, 0.3) is 0 Å². The van der Waals surface area contributed by atoms with Crippen molar-refractivity contribution in [3.8, 4) is 0 Å². The van der Waals surface area contributed by atoms with Crippen LogP contribution < -0.4 is 0 Å². The molecule has 1 atom stereocenters. The Morgan fingerprint density at radius 3 is 2.33 bits per heavy atom. The highest BCUT2D eigenvalue weighted by Crippen LogP contribution is 2.27. The lowest BCUT2D eigenvalue weighted by Gasteiger charge is -2.44. The number of hydrogen-bond donors (Lipinski definition) is 1. The highest BCUT2D eigenvalue weighted by atomic mass is 16.4. The number of carboxylic acid groups (broad SMARTS) is 1. The monoisotopic (exact) mass is 297 g/mol. The SMILES string of the molecule is CN(C)C(=O)N1CCC(N2CCCCC2CC(=O)O)CC1. The van der Waals surface area contributed by atoms with Gasteiger partial charge in [0.1, 0.15) is 0 Å². The van der Waals surface area contributed by atoms with Gasteiger partial charge in [0, 0.05) is 39.3 Å². The Balaban J connectivity index is 1.90. The summed E-state index contributed by atoms with van der Waals surface area (Å²) >= 11 is 0. The summed E-state index contributed by atoms with van der Waals surface area (Å²) in [4.78, 5) is 28.9. The second-order valence-corrected chi connectivity index (χ2v) is 6.38. The number of carboxylic acids is 1. The Kier molecular flexibility index (Phi) is 5.45. The van der Waals surface area contributed by atoms with Crippen LogP contribution in [0.1, 0.15) is 38.5 Å². The van der Waals surface area contributed by atoms with E-state index in [1.165, 1.54) is 0 Å². The highest BCUT2D eigenvalue weighted by Gasteiger charge is 2.33. The first kappa shape index (κ1) is 16.1. The van der Waals surface area contributed by atoms with Gasteiger partial charge in [0.25, 0.3) is 0 Å². The second-order valence-electron chi connectivity index (χ2n) is 6.38. The smallest absolute Gasteiger partial charge is 0.319 e. The van der Waals surface area contributed by atoms with Gasteiger partial charge in [-0.1, -0.05) is 6.42 Å². The van der Waals surface area contributed by atoms with E-state index in [0.717, 1.165) is 51.7 Å². The number of likely N-dealkylation sites (tertiary alicyclic amines) is 2. The molecular weight excluding hydrogens is 270 g/mol. The Hall–Kier alpha value is -1.30. The zero-order valence-electron chi connectivity index (χ0n) is 13.1. The van der Waals surface area contributed by atoms with Crippen molar-refractivity contribution in [2.75, 3.05) is 33.7 Å². The highest BCUT2D eigenvalue weighted by molar-refractivity contribution is 5.73. The van der Waals surface area contributed by atoms with Gasteiger partial charge in [-0.15, -0.1) is 0 Å². The summed E-state index contributed by atoms with van der Waals surface area (Å²) in [5.41, 5.74) is 0. The summed E-state index contributed by atoms with van der Waals surface area (Å²) in [5, 5.41) is 9.07. The lowest BCUT2D eigenvalue weighted by Crippen LogP contribution is -2.53. The predicted molar refractivity (Wildman–Crippen MR) is 80.3 cm³/mol. The lowest BCUT2D eigenvalue weighted by molar-refractivity contribution is -0.139. The molecule has 2 fully saturated rings. The minimum Gasteiger partial charge on any atom is -0.481 e. The van der Waals surface area contributed by atoms with Crippen LogP contribution in [0.5, 0.6) is 0 Å². The predicted octanol–water partition coefficient (Wildman–Crippen LogP) is 1.46. The minimum absolute atomic E-state index is 0.0779. The normalized spacial score (nSPS) is 24.9. The van der Waals surface area contributed by atoms with Crippen molar-refractivity contribution in [3.05, 3.63) is 0 Å². The lowest BCUT2D eigenvalue weighted by atomic mass is 9.93. The molecule has 2 heterocycles. The van der Waals surface area contributed by atoms with Crippen LogP contribution in [-0.2, 0) is 4.79 Å². The van der Waals surface area contributed by atoms with Crippen LogP contribution in [0, 0.1) is 0 Å². The quantitative estimate of drug-likeness (QED) is 0.856. The molecule has 0 bridgehead atoms. The second kappa shape index (κ2) is 7.11. The third-order valence-electron chi connectivity index (χ3n) is 4.67. The molecule has 2 aliphatic rings. The van der Waals surface area contributed by atoms with Crippen molar-refractivity contribution in [3.63, 3.8) is 0 Å². The van der Waals surface area contributed by atoms with Crippen molar-refractivity contribution < 1.29 is 14.7 Å². The number of carbonyl (C=O) groups is 2. The van der Waals surface area contributed by atoms with Crippen LogP contribution in [0.3, 0.4) is 0 Å². The maximum Gasteiger partial charge on any atom is 0.319 e. The van der Waals surface area contributed by atoms with Crippen LogP contribution in [-0.4, -0.2) is 77.6 Å². The van der Waals surface area contributed by atoms with Crippen LogP contribution in [0.4, 0.5) is 4.79 Å². The number of amides is 2. The average Bonchev–Trinajstić information content (AvgIpc) is 2.46. The fraction of sp³-hybridized carbons (Fsp3) is 0.867. The van der Waals surface area contributed by atoms with Gasteiger partial charge < -0.3 is 14.9 Å². The molecule has 2 saturated heterocycles. The summed E-state index contributed by atoms with van der Waals surface area (Å²) in [7, 11) is 3.56. The summed E-state index contributed by atoms with van der Waals surface area (Å²) in [5.74, 6) is -0.702. The van der Waals surface area contributed by atoms with E-state index >= 15 is 0 Å². The summed E-state index contributed by atoms with van der Waals surface area (Å²) in [6.45, 7) is 2.56. The van der Waals surface area contributed by atoms with Gasteiger partial charge in [-0.25, -0.2) is 4.79 Å². The molecule has 120 valence electrons. The van der Waals surface area contributed by atoms with Gasteiger partial charge in [0.15, 0.2) is 0 Å². The van der Waals surface area contributed by atoms with E-state index in [1.807, 2.05) is 4.90 Å². The van der Waals surface area contributed by atoms with Crippen LogP contribution in [0.2, 0.25) is 0 Å². The fourth-order valence-electron chi connectivity index (χ4n) is 3.60. The van der Waals surface area contributed by atoms with E-state index in [4.69, 9.17) is 5.11 Å². The maximum absolute atomic E-state index is 12.0. The van der Waals surface area contributed by atoms with Crippen molar-refractivity contribution in [1.29, 1.82) is 0 Å². The van der Waals surface area contributed by atoms with E-state index < -0.39 is 5.97 Å². The molecule has 2 amide bonds. The minimum atomic E-state index is -0.702. The Morgan fingerprint density at radius 2 is 1.76 bits per heavy atom. The topological polar surface area (TPSA) is 64.1 Å². The molecule has 0 aromatic carbocycles. The van der Waals surface area contributed by atoms with E-state index in [1.54, 1.807) is 19.0 Å². The summed E-state index contributed by atoms with van der Waals surface area (Å²) in [6.07, 6.45) is 5.44. The van der Waals surface area contributed by atoms with Gasteiger partial charge in [-0.2, -0.15) is 0 Å². The zero-order valence-corrected chi connectivity index (χ0v) is 13.1. The third-order valence-corrected chi connectivity index (χ3v) is 4.67. The first-order chi connectivity index (χ1) is 9.99. The fourth-order valence-corrected chi connectivity index (χ4v) is 3.60. The number of rotatable bonds is 3. The molecule has 1 N–H and O–H groups in total. The molecular formula is C15H27N3O3. The number of carbonyl (C=O) groups excluding carboxylic acids is 1. The van der Waals surface area contributed by atoms with Gasteiger partial charge in [-0.3, -0.25) is 9.69 Å². The van der Waals surface area contributed by atoms with Crippen LogP contribution in [0.15, 0.2) is 0 Å². The Bertz CT molecular complexity index is 378. The molecule has 1 unspecified atom stereocenters. The Morgan fingerprint density at radius 1 is 1.10 bits per heavy atom. The van der Waals surface area contributed by atoms with E-state index in [9.17, 15) is 9.59 Å². The number of nitrogens with zero attached hydrogens (tertiary/aromatic N) is 3. The van der Waals surface area contributed by atoms with Gasteiger partial charge >= 0.3 is 12.0 Å². The summed E-state index contributed by atoms with van der Waals surface area (Å²) in [6, 6.07) is 0.687. The molecule has 0 aliphatic carbocycles. The number of urea groups is 1. The molecule has 6 heteroatoms. The first-order valence-electron chi connectivity index (χ1n) is 7.93. The van der Waals surface area contributed by atoms with Crippen molar-refractivity contribution in [1.82, 2.24) is 14.7 Å². The van der Waals surface area contributed by atoms with Crippen molar-refractivity contribution in [2.45, 2.75) is 50.6 Å². The third kappa shape index (κ3) is 4.09. The molecule has 21 heavy (non-hydrogen) atoms. The summed E-state index contributed by atoms with van der Waals surface area (Å²) < 4.78 is 0. The largest absolute Gasteiger partial charge is 0.481 e. The molecule has 0 radical (unpaired) electrons. The number of hydrogen-bond acceptors (Lipinski definition) is 3. The van der Waals surface area contributed by atoms with Crippen molar-refractivity contribution >= 4 is 12.0 Å². The molecule has 0 spiro atoms. The van der Waals surface area contributed by atoms with E-state index in [0.29, 0.717) is 6.04 Å². The molecule has 0 aromatic heterocycles. The first-order valence-corrected chi connectivity index (χ1v) is 7.93. The molecule has 0 saturated carbocycles. The average molecular weight is 297 g/mol. The number of piperidine rings is 2. The molecule has 2 rings (SSSR count). The standard InChI is InChI=1S/C15H27N3O3/c1-16(2)15(21)17-9-6-12(7-10-17)18-8-4-3-5-13(18)11-14(19)20/h12-13H,3-11H2,1-2H3,(H,19,20). The molecule has 6 nitrogen and oxygen atoms in total. The molecule has 2 aliphatic heterocycles. The van der Waals surface area contributed by atoms with Crippen LogP contribution >= 0.6 is 0 Å². The van der Waals surface area contributed by atoms with E-state index in [2.05, 4.69) is 4.90 Å². The number of aliphatic carboxylic acids is 1. The van der Waals surface area contributed by atoms with E-state index in [-0.39, 0.29) is 18.5 Å². The molecule has 0 aromatic rings. The van der Waals surface area contributed by atoms with Gasteiger partial charge in [-0.05, 0) is 32.2 Å².